The van der Waals surface area contributed by atoms with Crippen molar-refractivity contribution in [2.45, 2.75) is 63.2 Å². The molecule has 1 aromatic carbocycles. The Morgan fingerprint density at radius 3 is 2.68 bits per heavy atom. The van der Waals surface area contributed by atoms with E-state index in [4.69, 9.17) is 14.2 Å². The highest BCUT2D eigenvalue weighted by Crippen LogP contribution is 2.34. The molecule has 0 bridgehead atoms. The van der Waals surface area contributed by atoms with Crippen LogP contribution in [0.15, 0.2) is 18.2 Å². The Hall–Kier alpha value is -2.52. The number of benzene rings is 1. The SMILES string of the molecule is O=C(Nc1ccc2c(c1)OCO2)N[C@H]1CC[C@@H](CCNC(=O)C2CCCC2)O[C@H]1CO. The van der Waals surface area contributed by atoms with E-state index in [0.29, 0.717) is 36.6 Å². The second-order valence-corrected chi connectivity index (χ2v) is 8.39. The number of hydrogen-bond donors (Lipinski definition) is 4. The zero-order valence-corrected chi connectivity index (χ0v) is 17.6. The van der Waals surface area contributed by atoms with Crippen molar-refractivity contribution < 1.29 is 28.9 Å². The van der Waals surface area contributed by atoms with Crippen LogP contribution in [-0.4, -0.2) is 55.2 Å². The van der Waals surface area contributed by atoms with Crippen molar-refractivity contribution in [1.29, 1.82) is 0 Å². The molecule has 1 saturated carbocycles. The number of amides is 3. The van der Waals surface area contributed by atoms with Crippen molar-refractivity contribution in [3.8, 4) is 11.5 Å². The highest BCUT2D eigenvalue weighted by molar-refractivity contribution is 5.90. The molecule has 4 N–H and O–H groups in total. The third-order valence-electron chi connectivity index (χ3n) is 6.23. The van der Waals surface area contributed by atoms with Gasteiger partial charge in [-0.3, -0.25) is 4.79 Å². The van der Waals surface area contributed by atoms with Crippen LogP contribution in [0, 0.1) is 5.92 Å². The lowest BCUT2D eigenvalue weighted by Gasteiger charge is -2.36. The van der Waals surface area contributed by atoms with Crippen molar-refractivity contribution in [3.05, 3.63) is 18.2 Å². The van der Waals surface area contributed by atoms with Crippen LogP contribution in [-0.2, 0) is 9.53 Å². The van der Waals surface area contributed by atoms with Crippen LogP contribution >= 0.6 is 0 Å². The Balaban J connectivity index is 1.20. The van der Waals surface area contributed by atoms with Gasteiger partial charge in [-0.15, -0.1) is 0 Å². The molecule has 0 radical (unpaired) electrons. The van der Waals surface area contributed by atoms with Crippen LogP contribution in [0.4, 0.5) is 10.5 Å². The lowest BCUT2D eigenvalue weighted by atomic mass is 9.97. The maximum Gasteiger partial charge on any atom is 0.319 e. The minimum atomic E-state index is -0.480. The Labute approximate surface area is 181 Å². The van der Waals surface area contributed by atoms with Crippen LogP contribution in [0.5, 0.6) is 11.5 Å². The quantitative estimate of drug-likeness (QED) is 0.523. The Morgan fingerprint density at radius 1 is 1.06 bits per heavy atom. The molecule has 3 aliphatic rings. The predicted octanol–water partition coefficient (Wildman–Crippen LogP) is 2.14. The monoisotopic (exact) mass is 433 g/mol. The molecular formula is C22H31N3O6. The van der Waals surface area contributed by atoms with E-state index in [-0.39, 0.29) is 43.4 Å². The minimum absolute atomic E-state index is 0.0454. The van der Waals surface area contributed by atoms with Crippen LogP contribution in [0.1, 0.15) is 44.9 Å². The second-order valence-electron chi connectivity index (χ2n) is 8.39. The zero-order valence-electron chi connectivity index (χ0n) is 17.6. The van der Waals surface area contributed by atoms with Gasteiger partial charge in [0.1, 0.15) is 6.10 Å². The van der Waals surface area contributed by atoms with E-state index in [2.05, 4.69) is 16.0 Å². The molecule has 2 aliphatic heterocycles. The first-order valence-corrected chi connectivity index (χ1v) is 11.1. The molecular weight excluding hydrogens is 402 g/mol. The number of carbonyl (C=O) groups is 2. The fourth-order valence-corrected chi connectivity index (χ4v) is 4.51. The van der Waals surface area contributed by atoms with E-state index in [1.807, 2.05) is 0 Å². The van der Waals surface area contributed by atoms with Crippen LogP contribution in [0.2, 0.25) is 0 Å². The fraction of sp³-hybridized carbons (Fsp3) is 0.636. The van der Waals surface area contributed by atoms with E-state index >= 15 is 0 Å². The molecule has 9 heteroatoms. The van der Waals surface area contributed by atoms with E-state index in [1.165, 1.54) is 0 Å². The van der Waals surface area contributed by atoms with Gasteiger partial charge in [0.15, 0.2) is 11.5 Å². The van der Waals surface area contributed by atoms with E-state index in [1.54, 1.807) is 18.2 Å². The van der Waals surface area contributed by atoms with Gasteiger partial charge in [0, 0.05) is 24.2 Å². The molecule has 0 unspecified atom stereocenters. The Morgan fingerprint density at radius 2 is 1.87 bits per heavy atom. The maximum absolute atomic E-state index is 12.4. The third kappa shape index (κ3) is 5.59. The maximum atomic E-state index is 12.4. The van der Waals surface area contributed by atoms with Crippen molar-refractivity contribution >= 4 is 17.6 Å². The number of aliphatic hydroxyl groups is 1. The van der Waals surface area contributed by atoms with Gasteiger partial charge in [-0.25, -0.2) is 4.79 Å². The van der Waals surface area contributed by atoms with Crippen LogP contribution in [0.3, 0.4) is 0 Å². The number of carbonyl (C=O) groups excluding carboxylic acids is 2. The summed E-state index contributed by atoms with van der Waals surface area (Å²) in [6, 6.07) is 4.54. The second kappa shape index (κ2) is 10.2. The van der Waals surface area contributed by atoms with Crippen molar-refractivity contribution in [1.82, 2.24) is 10.6 Å². The highest BCUT2D eigenvalue weighted by atomic mass is 16.7. The summed E-state index contributed by atoms with van der Waals surface area (Å²) < 4.78 is 16.6. The van der Waals surface area contributed by atoms with Crippen molar-refractivity contribution in [2.75, 3.05) is 25.3 Å². The molecule has 2 fully saturated rings. The average Bonchev–Trinajstić information content (AvgIpc) is 3.46. The molecule has 1 aliphatic carbocycles. The summed E-state index contributed by atoms with van der Waals surface area (Å²) in [5, 5.41) is 18.4. The summed E-state index contributed by atoms with van der Waals surface area (Å²) in [5.41, 5.74) is 0.593. The molecule has 1 saturated heterocycles. The van der Waals surface area contributed by atoms with Crippen LogP contribution < -0.4 is 25.4 Å². The summed E-state index contributed by atoms with van der Waals surface area (Å²) >= 11 is 0. The van der Waals surface area contributed by atoms with Gasteiger partial charge in [0.05, 0.1) is 18.8 Å². The third-order valence-corrected chi connectivity index (χ3v) is 6.23. The molecule has 0 spiro atoms. The predicted molar refractivity (Wildman–Crippen MR) is 113 cm³/mol. The lowest BCUT2D eigenvalue weighted by molar-refractivity contribution is -0.125. The molecule has 170 valence electrons. The van der Waals surface area contributed by atoms with Gasteiger partial charge in [-0.2, -0.15) is 0 Å². The standard InChI is InChI=1S/C22H31N3O6/c26-12-20-17(25-22(28)24-15-5-8-18-19(11-15)30-13-29-18)7-6-16(31-20)9-10-23-21(27)14-3-1-2-4-14/h5,8,11,14,16-17,20,26H,1-4,6-7,9-10,12-13H2,(H,23,27)(H2,24,25,28)/t16-,17-,20-/m0/s1. The zero-order chi connectivity index (χ0) is 21.6. The summed E-state index contributed by atoms with van der Waals surface area (Å²) in [5.74, 6) is 1.55. The summed E-state index contributed by atoms with van der Waals surface area (Å²) in [7, 11) is 0. The van der Waals surface area contributed by atoms with Crippen LogP contribution in [0.25, 0.3) is 0 Å². The molecule has 2 heterocycles. The number of nitrogens with one attached hydrogen (secondary N) is 3. The molecule has 3 atom stereocenters. The summed E-state index contributed by atoms with van der Waals surface area (Å²) in [6.07, 6.45) is 5.87. The number of urea groups is 1. The number of aliphatic hydroxyl groups excluding tert-OH is 1. The van der Waals surface area contributed by atoms with Crippen molar-refractivity contribution in [3.63, 3.8) is 0 Å². The Kier molecular flexibility index (Phi) is 7.14. The summed E-state index contributed by atoms with van der Waals surface area (Å²) in [4.78, 5) is 24.5. The molecule has 4 rings (SSSR count). The van der Waals surface area contributed by atoms with E-state index < -0.39 is 6.10 Å². The highest BCUT2D eigenvalue weighted by Gasteiger charge is 2.32. The molecule has 3 amide bonds. The van der Waals surface area contributed by atoms with Gasteiger partial charge in [0.25, 0.3) is 0 Å². The number of hydrogen-bond acceptors (Lipinski definition) is 6. The molecule has 0 aromatic heterocycles. The molecule has 1 aromatic rings. The normalized spacial score (nSPS) is 25.3. The van der Waals surface area contributed by atoms with Gasteiger partial charge in [0.2, 0.25) is 12.7 Å². The number of rotatable bonds is 7. The first-order valence-electron chi connectivity index (χ1n) is 11.1. The number of fused-ring (bicyclic) bond motifs is 1. The first-order chi connectivity index (χ1) is 15.1. The topological polar surface area (TPSA) is 118 Å². The molecule has 9 nitrogen and oxygen atoms in total. The average molecular weight is 434 g/mol. The van der Waals surface area contributed by atoms with Crippen molar-refractivity contribution in [2.24, 2.45) is 5.92 Å². The number of anilines is 1. The van der Waals surface area contributed by atoms with Gasteiger partial charge >= 0.3 is 6.03 Å². The van der Waals surface area contributed by atoms with E-state index in [0.717, 1.165) is 32.1 Å². The molecule has 31 heavy (non-hydrogen) atoms. The van der Waals surface area contributed by atoms with Gasteiger partial charge in [-0.05, 0) is 44.2 Å². The van der Waals surface area contributed by atoms with Gasteiger partial charge < -0.3 is 35.3 Å². The fourth-order valence-electron chi connectivity index (χ4n) is 4.51. The largest absolute Gasteiger partial charge is 0.454 e. The minimum Gasteiger partial charge on any atom is -0.454 e. The number of ether oxygens (including phenoxy) is 3. The first kappa shape index (κ1) is 21.7. The lowest BCUT2D eigenvalue weighted by Crippen LogP contribution is -2.52. The van der Waals surface area contributed by atoms with E-state index in [9.17, 15) is 14.7 Å². The smallest absolute Gasteiger partial charge is 0.319 e. The Bertz CT molecular complexity index is 783. The summed E-state index contributed by atoms with van der Waals surface area (Å²) in [6.45, 7) is 0.564. The van der Waals surface area contributed by atoms with Gasteiger partial charge in [-0.1, -0.05) is 12.8 Å².